The number of aryl methyl sites for hydroxylation is 2. The van der Waals surface area contributed by atoms with Crippen LogP contribution in [-0.2, 0) is 13.6 Å². The van der Waals surface area contributed by atoms with Crippen molar-refractivity contribution in [3.05, 3.63) is 39.3 Å². The predicted octanol–water partition coefficient (Wildman–Crippen LogP) is 3.34. The Hall–Kier alpha value is -1.13. The first-order chi connectivity index (χ1) is 8.63. The van der Waals surface area contributed by atoms with Crippen LogP contribution >= 0.6 is 11.3 Å². The van der Waals surface area contributed by atoms with Crippen molar-refractivity contribution in [1.82, 2.24) is 15.1 Å². The first-order valence-corrected chi connectivity index (χ1v) is 7.27. The molecular formula is C14H21N3S. The highest BCUT2D eigenvalue weighted by Gasteiger charge is 2.13. The Kier molecular flexibility index (Phi) is 4.19. The average Bonchev–Trinajstić information content (AvgIpc) is 2.94. The lowest BCUT2D eigenvalue weighted by Gasteiger charge is -2.15. The molecule has 2 aromatic rings. The molecule has 0 saturated carbocycles. The Labute approximate surface area is 113 Å². The van der Waals surface area contributed by atoms with Crippen molar-refractivity contribution in [2.75, 3.05) is 0 Å². The summed E-state index contributed by atoms with van der Waals surface area (Å²) in [5.74, 6) is 0. The maximum atomic E-state index is 4.46. The Morgan fingerprint density at radius 1 is 1.44 bits per heavy atom. The van der Waals surface area contributed by atoms with Gasteiger partial charge < -0.3 is 5.32 Å². The summed E-state index contributed by atoms with van der Waals surface area (Å²) in [5, 5.41) is 10.2. The standard InChI is InChI=1S/C14H21N3S/c1-5-13(14-7-6-8-18-14)15-9-12-10(2)16-17(4)11(12)3/h6-8,13,15H,5,9H2,1-4H3. The molecule has 3 nitrogen and oxygen atoms in total. The lowest BCUT2D eigenvalue weighted by molar-refractivity contribution is 0.524. The molecule has 0 fully saturated rings. The summed E-state index contributed by atoms with van der Waals surface area (Å²) in [7, 11) is 2.00. The van der Waals surface area contributed by atoms with E-state index in [-0.39, 0.29) is 0 Å². The van der Waals surface area contributed by atoms with E-state index in [0.717, 1.165) is 18.7 Å². The van der Waals surface area contributed by atoms with Gasteiger partial charge in [0.05, 0.1) is 5.69 Å². The molecule has 98 valence electrons. The maximum absolute atomic E-state index is 4.46. The minimum atomic E-state index is 0.448. The molecule has 0 bridgehead atoms. The molecule has 2 heterocycles. The maximum Gasteiger partial charge on any atom is 0.0641 e. The average molecular weight is 263 g/mol. The van der Waals surface area contributed by atoms with E-state index in [1.54, 1.807) is 0 Å². The highest BCUT2D eigenvalue weighted by atomic mass is 32.1. The summed E-state index contributed by atoms with van der Waals surface area (Å²) < 4.78 is 1.96. The third-order valence-electron chi connectivity index (χ3n) is 3.48. The van der Waals surface area contributed by atoms with Gasteiger partial charge in [0.2, 0.25) is 0 Å². The summed E-state index contributed by atoms with van der Waals surface area (Å²) in [6.07, 6.45) is 1.11. The second-order valence-electron chi connectivity index (χ2n) is 4.63. The van der Waals surface area contributed by atoms with Gasteiger partial charge in [0.1, 0.15) is 0 Å². The van der Waals surface area contributed by atoms with Gasteiger partial charge in [-0.05, 0) is 31.7 Å². The van der Waals surface area contributed by atoms with E-state index in [1.807, 2.05) is 23.1 Å². The van der Waals surface area contributed by atoms with Crippen molar-refractivity contribution in [3.8, 4) is 0 Å². The Morgan fingerprint density at radius 3 is 2.72 bits per heavy atom. The van der Waals surface area contributed by atoms with Crippen molar-refractivity contribution < 1.29 is 0 Å². The summed E-state index contributed by atoms with van der Waals surface area (Å²) >= 11 is 1.82. The number of rotatable bonds is 5. The predicted molar refractivity (Wildman–Crippen MR) is 76.9 cm³/mol. The molecule has 1 unspecified atom stereocenters. The Bertz CT molecular complexity index is 499. The van der Waals surface area contributed by atoms with Crippen LogP contribution in [0.5, 0.6) is 0 Å². The van der Waals surface area contributed by atoms with Crippen LogP contribution in [0.1, 0.15) is 41.2 Å². The highest BCUT2D eigenvalue weighted by Crippen LogP contribution is 2.22. The fourth-order valence-corrected chi connectivity index (χ4v) is 3.12. The summed E-state index contributed by atoms with van der Waals surface area (Å²) in [6, 6.07) is 4.77. The van der Waals surface area contributed by atoms with Gasteiger partial charge in [0.25, 0.3) is 0 Å². The minimum absolute atomic E-state index is 0.448. The summed E-state index contributed by atoms with van der Waals surface area (Å²) in [6.45, 7) is 7.32. The van der Waals surface area contributed by atoms with Crippen molar-refractivity contribution in [2.24, 2.45) is 7.05 Å². The second kappa shape index (κ2) is 5.67. The fraction of sp³-hybridized carbons (Fsp3) is 0.500. The normalized spacial score (nSPS) is 12.9. The topological polar surface area (TPSA) is 29.9 Å². The lowest BCUT2D eigenvalue weighted by Crippen LogP contribution is -2.20. The number of nitrogens with one attached hydrogen (secondary N) is 1. The molecule has 0 saturated heterocycles. The second-order valence-corrected chi connectivity index (χ2v) is 5.61. The van der Waals surface area contributed by atoms with Crippen LogP contribution in [-0.4, -0.2) is 9.78 Å². The molecule has 4 heteroatoms. The molecular weight excluding hydrogens is 242 g/mol. The smallest absolute Gasteiger partial charge is 0.0641 e. The number of hydrogen-bond acceptors (Lipinski definition) is 3. The number of aromatic nitrogens is 2. The largest absolute Gasteiger partial charge is 0.305 e. The van der Waals surface area contributed by atoms with Crippen LogP contribution in [0.4, 0.5) is 0 Å². The number of hydrogen-bond donors (Lipinski definition) is 1. The Balaban J connectivity index is 2.06. The molecule has 18 heavy (non-hydrogen) atoms. The third kappa shape index (κ3) is 2.65. The summed E-state index contributed by atoms with van der Waals surface area (Å²) in [5.41, 5.74) is 3.71. The molecule has 2 aromatic heterocycles. The lowest BCUT2D eigenvalue weighted by atomic mass is 10.1. The van der Waals surface area contributed by atoms with E-state index in [2.05, 4.69) is 48.7 Å². The molecule has 1 N–H and O–H groups in total. The van der Waals surface area contributed by atoms with Gasteiger partial charge in [0.15, 0.2) is 0 Å². The van der Waals surface area contributed by atoms with Crippen molar-refractivity contribution in [3.63, 3.8) is 0 Å². The van der Waals surface area contributed by atoms with Crippen LogP contribution in [0.15, 0.2) is 17.5 Å². The number of thiophene rings is 1. The van der Waals surface area contributed by atoms with Gasteiger partial charge >= 0.3 is 0 Å². The molecule has 1 atom stereocenters. The van der Waals surface area contributed by atoms with Crippen molar-refractivity contribution in [1.29, 1.82) is 0 Å². The third-order valence-corrected chi connectivity index (χ3v) is 4.46. The summed E-state index contributed by atoms with van der Waals surface area (Å²) in [4.78, 5) is 1.41. The highest BCUT2D eigenvalue weighted by molar-refractivity contribution is 7.10. The Morgan fingerprint density at radius 2 is 2.22 bits per heavy atom. The zero-order chi connectivity index (χ0) is 13.1. The van der Waals surface area contributed by atoms with E-state index < -0.39 is 0 Å². The van der Waals surface area contributed by atoms with Gasteiger partial charge in [-0.3, -0.25) is 4.68 Å². The molecule has 0 aliphatic heterocycles. The molecule has 0 aromatic carbocycles. The van der Waals surface area contributed by atoms with Crippen molar-refractivity contribution >= 4 is 11.3 Å². The van der Waals surface area contributed by atoms with E-state index in [1.165, 1.54) is 16.1 Å². The number of nitrogens with zero attached hydrogens (tertiary/aromatic N) is 2. The van der Waals surface area contributed by atoms with Gasteiger partial charge in [0, 0.05) is 35.8 Å². The minimum Gasteiger partial charge on any atom is -0.305 e. The molecule has 0 amide bonds. The quantitative estimate of drug-likeness (QED) is 0.896. The van der Waals surface area contributed by atoms with Crippen LogP contribution in [0.2, 0.25) is 0 Å². The van der Waals surface area contributed by atoms with Crippen LogP contribution in [0, 0.1) is 13.8 Å². The zero-order valence-corrected chi connectivity index (χ0v) is 12.3. The SMILES string of the molecule is CCC(NCc1c(C)nn(C)c1C)c1cccs1. The van der Waals surface area contributed by atoms with Gasteiger partial charge in [-0.1, -0.05) is 13.0 Å². The van der Waals surface area contributed by atoms with E-state index in [0.29, 0.717) is 6.04 Å². The van der Waals surface area contributed by atoms with Crippen LogP contribution < -0.4 is 5.32 Å². The van der Waals surface area contributed by atoms with Crippen LogP contribution in [0.3, 0.4) is 0 Å². The van der Waals surface area contributed by atoms with Gasteiger partial charge in [-0.15, -0.1) is 11.3 Å². The van der Waals surface area contributed by atoms with E-state index >= 15 is 0 Å². The van der Waals surface area contributed by atoms with E-state index in [4.69, 9.17) is 0 Å². The first-order valence-electron chi connectivity index (χ1n) is 6.39. The van der Waals surface area contributed by atoms with E-state index in [9.17, 15) is 0 Å². The molecule has 0 aliphatic rings. The molecule has 0 radical (unpaired) electrons. The monoisotopic (exact) mass is 263 g/mol. The zero-order valence-electron chi connectivity index (χ0n) is 11.5. The molecule has 0 aliphatic carbocycles. The molecule has 2 rings (SSSR count). The van der Waals surface area contributed by atoms with Crippen LogP contribution in [0.25, 0.3) is 0 Å². The fourth-order valence-electron chi connectivity index (χ4n) is 2.23. The van der Waals surface area contributed by atoms with Gasteiger partial charge in [-0.2, -0.15) is 5.10 Å². The van der Waals surface area contributed by atoms with Crippen molar-refractivity contribution in [2.45, 2.75) is 39.8 Å². The van der Waals surface area contributed by atoms with Gasteiger partial charge in [-0.25, -0.2) is 0 Å². The molecule has 0 spiro atoms. The first kappa shape index (κ1) is 13.3.